The summed E-state index contributed by atoms with van der Waals surface area (Å²) >= 11 is 0. The van der Waals surface area contributed by atoms with Crippen LogP contribution in [0.4, 0.5) is 4.39 Å². The molecular weight excluding hydrogens is 243 g/mol. The lowest BCUT2D eigenvalue weighted by molar-refractivity contribution is 0.451. The van der Waals surface area contributed by atoms with Crippen molar-refractivity contribution in [3.05, 3.63) is 53.0 Å². The summed E-state index contributed by atoms with van der Waals surface area (Å²) in [4.78, 5) is 3.96. The predicted octanol–water partition coefficient (Wildman–Crippen LogP) is 2.96. The van der Waals surface area contributed by atoms with Crippen LogP contribution in [0.15, 0.2) is 30.5 Å². The first-order valence-electron chi connectivity index (χ1n) is 6.40. The van der Waals surface area contributed by atoms with Crippen molar-refractivity contribution in [2.24, 2.45) is 5.73 Å². The van der Waals surface area contributed by atoms with E-state index in [4.69, 9.17) is 10.5 Å². The summed E-state index contributed by atoms with van der Waals surface area (Å²) in [6.45, 7) is 0.199. The maximum absolute atomic E-state index is 13.1. The number of nitrogens with zero attached hydrogens (tertiary/aromatic N) is 1. The van der Waals surface area contributed by atoms with Gasteiger partial charge in [0, 0.05) is 12.1 Å². The fraction of sp³-hybridized carbons (Fsp3) is 0.267. The highest BCUT2D eigenvalue weighted by molar-refractivity contribution is 5.40. The highest BCUT2D eigenvalue weighted by Gasteiger charge is 2.13. The smallest absolute Gasteiger partial charge is 0.223 e. The molecule has 0 spiro atoms. The second-order valence-corrected chi connectivity index (χ2v) is 4.71. The van der Waals surface area contributed by atoms with E-state index in [9.17, 15) is 4.39 Å². The number of rotatable bonds is 3. The Hall–Kier alpha value is -1.94. The minimum absolute atomic E-state index is 0.199. The highest BCUT2D eigenvalue weighted by atomic mass is 19.1. The Labute approximate surface area is 111 Å². The average Bonchev–Trinajstić information content (AvgIpc) is 2.88. The third kappa shape index (κ3) is 2.44. The van der Waals surface area contributed by atoms with Crippen LogP contribution < -0.4 is 10.5 Å². The fourth-order valence-electron chi connectivity index (χ4n) is 2.43. The van der Waals surface area contributed by atoms with E-state index in [0.717, 1.165) is 24.8 Å². The number of benzene rings is 1. The highest BCUT2D eigenvalue weighted by Crippen LogP contribution is 2.29. The molecule has 0 bridgehead atoms. The van der Waals surface area contributed by atoms with Crippen LogP contribution in [-0.2, 0) is 19.4 Å². The summed E-state index contributed by atoms with van der Waals surface area (Å²) in [5.74, 6) is 0.707. The van der Waals surface area contributed by atoms with Crippen LogP contribution in [0.3, 0.4) is 0 Å². The standard InChI is InChI=1S/C15H15FN2O/c16-13-6-12(8-17)15(18-9-13)19-14-5-4-10-2-1-3-11(10)7-14/h4-7,9H,1-3,8,17H2. The summed E-state index contributed by atoms with van der Waals surface area (Å²) in [7, 11) is 0. The van der Waals surface area contributed by atoms with Gasteiger partial charge in [0.1, 0.15) is 11.6 Å². The van der Waals surface area contributed by atoms with Gasteiger partial charge in [0.25, 0.3) is 0 Å². The quantitative estimate of drug-likeness (QED) is 0.920. The Morgan fingerprint density at radius 3 is 2.89 bits per heavy atom. The van der Waals surface area contributed by atoms with E-state index >= 15 is 0 Å². The minimum atomic E-state index is -0.401. The van der Waals surface area contributed by atoms with E-state index in [1.54, 1.807) is 0 Å². The van der Waals surface area contributed by atoms with Crippen molar-refractivity contribution >= 4 is 0 Å². The molecular formula is C15H15FN2O. The Bertz CT molecular complexity index is 613. The number of halogens is 1. The molecule has 2 aromatic rings. The SMILES string of the molecule is NCc1cc(F)cnc1Oc1ccc2c(c1)CCC2. The van der Waals surface area contributed by atoms with Gasteiger partial charge in [-0.25, -0.2) is 9.37 Å². The molecule has 0 atom stereocenters. The van der Waals surface area contributed by atoms with Gasteiger partial charge in [0.05, 0.1) is 6.20 Å². The molecule has 1 aliphatic rings. The maximum atomic E-state index is 13.1. The average molecular weight is 258 g/mol. The lowest BCUT2D eigenvalue weighted by Crippen LogP contribution is -2.02. The molecule has 1 heterocycles. The molecule has 0 saturated carbocycles. The Kier molecular flexibility index (Phi) is 3.17. The summed E-state index contributed by atoms with van der Waals surface area (Å²) in [6.07, 6.45) is 4.56. The summed E-state index contributed by atoms with van der Waals surface area (Å²) in [5, 5.41) is 0. The van der Waals surface area contributed by atoms with Crippen molar-refractivity contribution in [1.29, 1.82) is 0 Å². The van der Waals surface area contributed by atoms with Crippen molar-refractivity contribution < 1.29 is 9.13 Å². The Morgan fingerprint density at radius 1 is 1.21 bits per heavy atom. The van der Waals surface area contributed by atoms with Gasteiger partial charge in [0.2, 0.25) is 5.88 Å². The van der Waals surface area contributed by atoms with Crippen molar-refractivity contribution in [1.82, 2.24) is 4.98 Å². The summed E-state index contributed by atoms with van der Waals surface area (Å²) in [5.41, 5.74) is 8.86. The molecule has 1 aliphatic carbocycles. The normalized spacial score (nSPS) is 13.4. The maximum Gasteiger partial charge on any atom is 0.223 e. The molecule has 0 radical (unpaired) electrons. The number of aryl methyl sites for hydroxylation is 2. The molecule has 98 valence electrons. The predicted molar refractivity (Wildman–Crippen MR) is 70.6 cm³/mol. The van der Waals surface area contributed by atoms with Gasteiger partial charge in [-0.05, 0) is 48.6 Å². The second kappa shape index (κ2) is 4.97. The number of aromatic nitrogens is 1. The number of hydrogen-bond acceptors (Lipinski definition) is 3. The van der Waals surface area contributed by atoms with Crippen LogP contribution in [0.1, 0.15) is 23.1 Å². The molecule has 3 nitrogen and oxygen atoms in total. The zero-order valence-corrected chi connectivity index (χ0v) is 10.5. The van der Waals surface area contributed by atoms with Crippen LogP contribution in [0.25, 0.3) is 0 Å². The molecule has 0 aliphatic heterocycles. The molecule has 4 heteroatoms. The van der Waals surface area contributed by atoms with Gasteiger partial charge < -0.3 is 10.5 Å². The zero-order chi connectivity index (χ0) is 13.2. The number of fused-ring (bicyclic) bond motifs is 1. The molecule has 1 aromatic carbocycles. The number of pyridine rings is 1. The third-order valence-electron chi connectivity index (χ3n) is 3.40. The molecule has 0 fully saturated rings. The lowest BCUT2D eigenvalue weighted by atomic mass is 10.1. The first-order chi connectivity index (χ1) is 9.26. The van der Waals surface area contributed by atoms with E-state index in [0.29, 0.717) is 11.4 Å². The first-order valence-corrected chi connectivity index (χ1v) is 6.40. The van der Waals surface area contributed by atoms with E-state index in [2.05, 4.69) is 11.1 Å². The number of hydrogen-bond donors (Lipinski definition) is 1. The second-order valence-electron chi connectivity index (χ2n) is 4.71. The van der Waals surface area contributed by atoms with Crippen LogP contribution >= 0.6 is 0 Å². The Morgan fingerprint density at radius 2 is 2.05 bits per heavy atom. The van der Waals surface area contributed by atoms with E-state index in [-0.39, 0.29) is 6.54 Å². The van der Waals surface area contributed by atoms with Crippen LogP contribution in [-0.4, -0.2) is 4.98 Å². The zero-order valence-electron chi connectivity index (χ0n) is 10.5. The lowest BCUT2D eigenvalue weighted by Gasteiger charge is -2.10. The first kappa shape index (κ1) is 12.1. The van der Waals surface area contributed by atoms with Gasteiger partial charge in [-0.15, -0.1) is 0 Å². The van der Waals surface area contributed by atoms with Gasteiger partial charge in [-0.2, -0.15) is 0 Å². The fourth-order valence-corrected chi connectivity index (χ4v) is 2.43. The summed E-state index contributed by atoms with van der Waals surface area (Å²) in [6, 6.07) is 7.40. The van der Waals surface area contributed by atoms with Gasteiger partial charge in [0.15, 0.2) is 0 Å². The van der Waals surface area contributed by atoms with E-state index < -0.39 is 5.82 Å². The Balaban J connectivity index is 1.89. The van der Waals surface area contributed by atoms with Gasteiger partial charge in [-0.3, -0.25) is 0 Å². The van der Waals surface area contributed by atoms with Gasteiger partial charge >= 0.3 is 0 Å². The summed E-state index contributed by atoms with van der Waals surface area (Å²) < 4.78 is 18.8. The number of nitrogens with two attached hydrogens (primary N) is 1. The molecule has 3 rings (SSSR count). The molecule has 0 unspecified atom stereocenters. The van der Waals surface area contributed by atoms with Crippen molar-refractivity contribution in [2.75, 3.05) is 0 Å². The third-order valence-corrected chi connectivity index (χ3v) is 3.40. The molecule has 19 heavy (non-hydrogen) atoms. The minimum Gasteiger partial charge on any atom is -0.439 e. The number of ether oxygens (including phenoxy) is 1. The van der Waals surface area contributed by atoms with Crippen molar-refractivity contribution in [2.45, 2.75) is 25.8 Å². The molecule has 0 amide bonds. The topological polar surface area (TPSA) is 48.1 Å². The van der Waals surface area contributed by atoms with Crippen molar-refractivity contribution in [3.63, 3.8) is 0 Å². The largest absolute Gasteiger partial charge is 0.439 e. The molecule has 2 N–H and O–H groups in total. The van der Waals surface area contributed by atoms with Crippen LogP contribution in [0.5, 0.6) is 11.6 Å². The van der Waals surface area contributed by atoms with Crippen LogP contribution in [0, 0.1) is 5.82 Å². The van der Waals surface area contributed by atoms with Gasteiger partial charge in [-0.1, -0.05) is 6.07 Å². The van der Waals surface area contributed by atoms with Crippen molar-refractivity contribution in [3.8, 4) is 11.6 Å². The van der Waals surface area contributed by atoms with Crippen LogP contribution in [0.2, 0.25) is 0 Å². The monoisotopic (exact) mass is 258 g/mol. The molecule has 0 saturated heterocycles. The van der Waals surface area contributed by atoms with E-state index in [1.807, 2.05) is 12.1 Å². The van der Waals surface area contributed by atoms with E-state index in [1.165, 1.54) is 23.6 Å². The molecule has 1 aromatic heterocycles.